The van der Waals surface area contributed by atoms with Gasteiger partial charge in [0, 0.05) is 5.02 Å². The number of nitrogens with zero attached hydrogens (tertiary/aromatic N) is 1. The molecule has 3 N–H and O–H groups in total. The van der Waals surface area contributed by atoms with Gasteiger partial charge >= 0.3 is 0 Å². The van der Waals surface area contributed by atoms with Gasteiger partial charge in [0.15, 0.2) is 11.5 Å². The number of aromatic hydroxyl groups is 2. The Balaban J connectivity index is 2.14. The van der Waals surface area contributed by atoms with Crippen LogP contribution in [0.2, 0.25) is 5.02 Å². The number of methoxy groups -OCH3 is 1. The molecule has 0 unspecified atom stereocenters. The molecular formula is C15H12BrClN2O4. The van der Waals surface area contributed by atoms with Gasteiger partial charge in [-0.3, -0.25) is 4.79 Å². The second kappa shape index (κ2) is 7.34. The van der Waals surface area contributed by atoms with Gasteiger partial charge < -0.3 is 14.9 Å². The van der Waals surface area contributed by atoms with Gasteiger partial charge in [0.2, 0.25) is 0 Å². The van der Waals surface area contributed by atoms with Crippen molar-refractivity contribution in [3.05, 3.63) is 51.0 Å². The average molecular weight is 400 g/mol. The molecule has 0 spiro atoms. The Hall–Kier alpha value is -2.25. The summed E-state index contributed by atoms with van der Waals surface area (Å²) in [5, 5.41) is 23.5. The lowest BCUT2D eigenvalue weighted by Crippen LogP contribution is -2.17. The molecule has 0 radical (unpaired) electrons. The molecule has 0 aliphatic carbocycles. The van der Waals surface area contributed by atoms with Crippen LogP contribution in [0, 0.1) is 0 Å². The molecule has 2 aromatic carbocycles. The maximum Gasteiger partial charge on any atom is 0.275 e. The van der Waals surface area contributed by atoms with E-state index in [2.05, 4.69) is 26.5 Å². The quantitative estimate of drug-likeness (QED) is 0.543. The van der Waals surface area contributed by atoms with Gasteiger partial charge in [-0.1, -0.05) is 11.6 Å². The third kappa shape index (κ3) is 4.14. The van der Waals surface area contributed by atoms with Crippen LogP contribution in [0.25, 0.3) is 0 Å². The van der Waals surface area contributed by atoms with Crippen molar-refractivity contribution in [3.8, 4) is 17.2 Å². The fourth-order valence-corrected chi connectivity index (χ4v) is 2.37. The van der Waals surface area contributed by atoms with E-state index in [0.29, 0.717) is 15.1 Å². The molecule has 2 rings (SSSR count). The number of benzene rings is 2. The molecule has 0 heterocycles. The van der Waals surface area contributed by atoms with Gasteiger partial charge in [0.1, 0.15) is 5.75 Å². The van der Waals surface area contributed by atoms with Crippen molar-refractivity contribution in [2.24, 2.45) is 5.10 Å². The normalized spacial score (nSPS) is 10.7. The van der Waals surface area contributed by atoms with Gasteiger partial charge in [-0.25, -0.2) is 5.43 Å². The van der Waals surface area contributed by atoms with E-state index < -0.39 is 5.91 Å². The van der Waals surface area contributed by atoms with E-state index >= 15 is 0 Å². The van der Waals surface area contributed by atoms with Crippen LogP contribution in [-0.4, -0.2) is 29.4 Å². The van der Waals surface area contributed by atoms with Crippen LogP contribution >= 0.6 is 27.5 Å². The Morgan fingerprint density at radius 2 is 2.09 bits per heavy atom. The molecule has 0 atom stereocenters. The molecule has 1 amide bonds. The molecule has 23 heavy (non-hydrogen) atoms. The number of ether oxygens (including phenoxy) is 1. The number of amides is 1. The molecule has 8 heteroatoms. The highest BCUT2D eigenvalue weighted by atomic mass is 79.9. The maximum atomic E-state index is 11.9. The number of hydrazone groups is 1. The lowest BCUT2D eigenvalue weighted by molar-refractivity contribution is 0.0952. The van der Waals surface area contributed by atoms with Gasteiger partial charge in [-0.05, 0) is 51.8 Å². The topological polar surface area (TPSA) is 91.2 Å². The molecule has 0 saturated heterocycles. The predicted octanol–water partition coefficient (Wildman–Crippen LogP) is 3.29. The Morgan fingerprint density at radius 3 is 2.78 bits per heavy atom. The highest BCUT2D eigenvalue weighted by Gasteiger charge is 2.11. The Labute approximate surface area is 145 Å². The van der Waals surface area contributed by atoms with E-state index in [1.54, 1.807) is 12.1 Å². The number of rotatable bonds is 4. The van der Waals surface area contributed by atoms with Crippen LogP contribution in [-0.2, 0) is 0 Å². The van der Waals surface area contributed by atoms with Gasteiger partial charge in [-0.15, -0.1) is 0 Å². The number of hydrogen-bond acceptors (Lipinski definition) is 5. The second-order valence-corrected chi connectivity index (χ2v) is 5.70. The van der Waals surface area contributed by atoms with Crippen molar-refractivity contribution < 1.29 is 19.7 Å². The van der Waals surface area contributed by atoms with E-state index in [0.717, 1.165) is 0 Å². The van der Waals surface area contributed by atoms with Crippen LogP contribution in [0.15, 0.2) is 39.9 Å². The largest absolute Gasteiger partial charge is 0.507 e. The van der Waals surface area contributed by atoms with E-state index in [1.807, 2.05) is 0 Å². The lowest BCUT2D eigenvalue weighted by Gasteiger charge is -2.06. The summed E-state index contributed by atoms with van der Waals surface area (Å²) in [5.74, 6) is -0.570. The zero-order chi connectivity index (χ0) is 17.0. The molecule has 0 fully saturated rings. The molecule has 120 valence electrons. The van der Waals surface area contributed by atoms with Crippen molar-refractivity contribution in [1.82, 2.24) is 5.43 Å². The van der Waals surface area contributed by atoms with Gasteiger partial charge in [-0.2, -0.15) is 5.10 Å². The standard InChI is InChI=1S/C15H12BrClN2O4/c1-23-13-5-8(4-11(16)14(13)21)7-18-19-15(22)10-6-9(17)2-3-12(10)20/h2-7,20-21H,1H3,(H,19,22)/b18-7+. The predicted molar refractivity (Wildman–Crippen MR) is 90.5 cm³/mol. The first-order chi connectivity index (χ1) is 10.9. The summed E-state index contributed by atoms with van der Waals surface area (Å²) in [6.45, 7) is 0. The first-order valence-corrected chi connectivity index (χ1v) is 7.48. The highest BCUT2D eigenvalue weighted by molar-refractivity contribution is 9.10. The van der Waals surface area contributed by atoms with Crippen molar-refractivity contribution in [1.29, 1.82) is 0 Å². The molecule has 0 aromatic heterocycles. The monoisotopic (exact) mass is 398 g/mol. The number of hydrogen-bond donors (Lipinski definition) is 3. The SMILES string of the molecule is COc1cc(/C=N/NC(=O)c2cc(Cl)ccc2O)cc(Br)c1O. The minimum Gasteiger partial charge on any atom is -0.507 e. The van der Waals surface area contributed by atoms with E-state index in [1.165, 1.54) is 31.5 Å². The first-order valence-electron chi connectivity index (χ1n) is 6.30. The van der Waals surface area contributed by atoms with Gasteiger partial charge in [0.05, 0.1) is 23.4 Å². The third-order valence-corrected chi connectivity index (χ3v) is 3.69. The second-order valence-electron chi connectivity index (χ2n) is 4.41. The Bertz CT molecular complexity index is 780. The van der Waals surface area contributed by atoms with Crippen LogP contribution in [0.1, 0.15) is 15.9 Å². The number of halogens is 2. The molecule has 0 aliphatic heterocycles. The van der Waals surface area contributed by atoms with Crippen molar-refractivity contribution in [2.45, 2.75) is 0 Å². The lowest BCUT2D eigenvalue weighted by atomic mass is 10.2. The molecular weight excluding hydrogens is 388 g/mol. The number of carbonyl (C=O) groups is 1. The average Bonchev–Trinajstić information content (AvgIpc) is 2.52. The smallest absolute Gasteiger partial charge is 0.275 e. The summed E-state index contributed by atoms with van der Waals surface area (Å²) >= 11 is 8.97. The third-order valence-electron chi connectivity index (χ3n) is 2.85. The molecule has 0 bridgehead atoms. The molecule has 0 aliphatic rings. The zero-order valence-corrected chi connectivity index (χ0v) is 14.2. The van der Waals surface area contributed by atoms with Crippen LogP contribution in [0.3, 0.4) is 0 Å². The summed E-state index contributed by atoms with van der Waals surface area (Å²) in [6, 6.07) is 7.28. The highest BCUT2D eigenvalue weighted by Crippen LogP contribution is 2.34. The summed E-state index contributed by atoms with van der Waals surface area (Å²) in [5.41, 5.74) is 2.88. The minimum atomic E-state index is -0.606. The minimum absolute atomic E-state index is 0.0131. The van der Waals surface area contributed by atoms with E-state index in [-0.39, 0.29) is 22.8 Å². The summed E-state index contributed by atoms with van der Waals surface area (Å²) in [7, 11) is 1.42. The van der Waals surface area contributed by atoms with E-state index in [9.17, 15) is 15.0 Å². The van der Waals surface area contributed by atoms with Crippen molar-refractivity contribution >= 4 is 39.7 Å². The van der Waals surface area contributed by atoms with Crippen LogP contribution in [0.4, 0.5) is 0 Å². The van der Waals surface area contributed by atoms with Crippen molar-refractivity contribution in [2.75, 3.05) is 7.11 Å². The number of phenolic OH excluding ortho intramolecular Hbond substituents is 2. The molecule has 0 saturated carbocycles. The van der Waals surface area contributed by atoms with Crippen LogP contribution < -0.4 is 10.2 Å². The zero-order valence-electron chi connectivity index (χ0n) is 11.9. The molecule has 2 aromatic rings. The fraction of sp³-hybridized carbons (Fsp3) is 0.0667. The van der Waals surface area contributed by atoms with Crippen molar-refractivity contribution in [3.63, 3.8) is 0 Å². The fourth-order valence-electron chi connectivity index (χ4n) is 1.74. The van der Waals surface area contributed by atoms with Gasteiger partial charge in [0.25, 0.3) is 5.91 Å². The Morgan fingerprint density at radius 1 is 1.35 bits per heavy atom. The summed E-state index contributed by atoms with van der Waals surface area (Å²) < 4.78 is 5.44. The number of carbonyl (C=O) groups excluding carboxylic acids is 1. The molecule has 6 nitrogen and oxygen atoms in total. The summed E-state index contributed by atoms with van der Waals surface area (Å²) in [4.78, 5) is 11.9. The van der Waals surface area contributed by atoms with E-state index in [4.69, 9.17) is 16.3 Å². The maximum absolute atomic E-state index is 11.9. The number of phenols is 2. The number of nitrogens with one attached hydrogen (secondary N) is 1. The first kappa shape index (κ1) is 17.1. The summed E-state index contributed by atoms with van der Waals surface area (Å²) in [6.07, 6.45) is 1.37. The Kier molecular flexibility index (Phi) is 5.46. The van der Waals surface area contributed by atoms with Crippen LogP contribution in [0.5, 0.6) is 17.2 Å².